The van der Waals surface area contributed by atoms with Gasteiger partial charge >= 0.3 is 0 Å². The van der Waals surface area contributed by atoms with E-state index < -0.39 is 0 Å². The SMILES string of the molecule is CCCC(CC)COc1ccc(/C=C2/C(=O)C3CCN2CC3)c(OC)c1.CCCC(CC)COc1ccc(C=O)c(OC)c1. The van der Waals surface area contributed by atoms with Crippen molar-refractivity contribution in [1.82, 2.24) is 4.90 Å². The van der Waals surface area contributed by atoms with Gasteiger partial charge in [0.1, 0.15) is 23.0 Å². The average molecular weight is 608 g/mol. The van der Waals surface area contributed by atoms with Crippen LogP contribution in [0.15, 0.2) is 42.1 Å². The minimum absolute atomic E-state index is 0.212. The Hall–Kier alpha value is -3.48. The Kier molecular flexibility index (Phi) is 14.6. The van der Waals surface area contributed by atoms with Gasteiger partial charge in [-0.3, -0.25) is 9.59 Å². The van der Waals surface area contributed by atoms with Crippen molar-refractivity contribution in [2.75, 3.05) is 40.5 Å². The van der Waals surface area contributed by atoms with E-state index in [9.17, 15) is 9.59 Å². The third-order valence-electron chi connectivity index (χ3n) is 8.81. The zero-order valence-corrected chi connectivity index (χ0v) is 27.7. The summed E-state index contributed by atoms with van der Waals surface area (Å²) in [6.07, 6.45) is 11.8. The summed E-state index contributed by atoms with van der Waals surface area (Å²) in [4.78, 5) is 25.5. The minimum atomic E-state index is 0.212. The lowest BCUT2D eigenvalue weighted by Crippen LogP contribution is -2.45. The predicted octanol–water partition coefficient (Wildman–Crippen LogP) is 8.25. The lowest BCUT2D eigenvalue weighted by atomic mass is 9.84. The monoisotopic (exact) mass is 607 g/mol. The zero-order chi connectivity index (χ0) is 31.9. The molecule has 0 aromatic heterocycles. The van der Waals surface area contributed by atoms with Gasteiger partial charge in [0.2, 0.25) is 0 Å². The first kappa shape index (κ1) is 35.0. The van der Waals surface area contributed by atoms with Crippen molar-refractivity contribution in [3.05, 3.63) is 53.2 Å². The van der Waals surface area contributed by atoms with Crippen LogP contribution in [-0.4, -0.2) is 57.5 Å². The number of methoxy groups -OCH3 is 2. The first-order chi connectivity index (χ1) is 21.4. The number of fused-ring (bicyclic) bond motifs is 3. The van der Waals surface area contributed by atoms with Crippen LogP contribution in [0.3, 0.4) is 0 Å². The van der Waals surface area contributed by atoms with Gasteiger partial charge in [0.25, 0.3) is 0 Å². The van der Waals surface area contributed by atoms with Crippen molar-refractivity contribution >= 4 is 18.1 Å². The van der Waals surface area contributed by atoms with Gasteiger partial charge in [-0.1, -0.05) is 53.4 Å². The molecule has 0 radical (unpaired) electrons. The molecule has 0 spiro atoms. The molecule has 7 heteroatoms. The summed E-state index contributed by atoms with van der Waals surface area (Å²) in [5.41, 5.74) is 2.33. The minimum Gasteiger partial charge on any atom is -0.496 e. The van der Waals surface area contributed by atoms with E-state index in [2.05, 4.69) is 32.6 Å². The van der Waals surface area contributed by atoms with E-state index in [4.69, 9.17) is 18.9 Å². The number of hydrogen-bond acceptors (Lipinski definition) is 7. The highest BCUT2D eigenvalue weighted by molar-refractivity contribution is 6.02. The summed E-state index contributed by atoms with van der Waals surface area (Å²) in [6, 6.07) is 11.2. The summed E-state index contributed by atoms with van der Waals surface area (Å²) >= 11 is 0. The highest BCUT2D eigenvalue weighted by Gasteiger charge is 2.36. The van der Waals surface area contributed by atoms with Gasteiger partial charge in [-0.25, -0.2) is 0 Å². The molecule has 2 atom stereocenters. The number of ketones is 1. The van der Waals surface area contributed by atoms with Crippen LogP contribution in [-0.2, 0) is 4.79 Å². The van der Waals surface area contributed by atoms with Crippen molar-refractivity contribution in [3.8, 4) is 23.0 Å². The summed E-state index contributed by atoms with van der Waals surface area (Å²) in [5, 5.41) is 0. The number of piperidine rings is 3. The first-order valence-electron chi connectivity index (χ1n) is 16.5. The van der Waals surface area contributed by atoms with E-state index in [0.29, 0.717) is 29.8 Å². The number of carbonyl (C=O) groups is 2. The number of rotatable bonds is 16. The van der Waals surface area contributed by atoms with Gasteiger partial charge < -0.3 is 23.8 Å². The Balaban J connectivity index is 0.000000259. The summed E-state index contributed by atoms with van der Waals surface area (Å²) in [7, 11) is 3.22. The molecule has 2 aromatic rings. The molecule has 5 rings (SSSR count). The molecule has 3 aliphatic rings. The van der Waals surface area contributed by atoms with E-state index in [1.165, 1.54) is 25.7 Å². The molecule has 2 unspecified atom stereocenters. The fraction of sp³-hybridized carbons (Fsp3) is 0.568. The van der Waals surface area contributed by atoms with Crippen LogP contribution < -0.4 is 18.9 Å². The number of benzene rings is 2. The second-order valence-electron chi connectivity index (χ2n) is 11.8. The predicted molar refractivity (Wildman–Crippen MR) is 177 cm³/mol. The third-order valence-corrected chi connectivity index (χ3v) is 8.81. The number of Topliss-reactive ketones (excluding diaryl/α,β-unsaturated/α-hetero) is 1. The second kappa shape index (κ2) is 18.4. The van der Waals surface area contributed by atoms with E-state index in [1.807, 2.05) is 30.3 Å². The molecule has 0 N–H and O–H groups in total. The highest BCUT2D eigenvalue weighted by Crippen LogP contribution is 2.35. The normalized spacial score (nSPS) is 16.6. The Labute approximate surface area is 264 Å². The van der Waals surface area contributed by atoms with Gasteiger partial charge in [-0.15, -0.1) is 0 Å². The first-order valence-corrected chi connectivity index (χ1v) is 16.5. The molecular formula is C37H53NO6. The Bertz CT molecular complexity index is 1220. The maximum absolute atomic E-state index is 12.6. The van der Waals surface area contributed by atoms with Crippen molar-refractivity contribution in [2.24, 2.45) is 17.8 Å². The average Bonchev–Trinajstić information content (AvgIpc) is 3.07. The van der Waals surface area contributed by atoms with Gasteiger partial charge in [0.15, 0.2) is 12.1 Å². The zero-order valence-electron chi connectivity index (χ0n) is 27.7. The maximum Gasteiger partial charge on any atom is 0.182 e. The molecule has 242 valence electrons. The molecule has 7 nitrogen and oxygen atoms in total. The van der Waals surface area contributed by atoms with E-state index in [-0.39, 0.29) is 11.7 Å². The quantitative estimate of drug-likeness (QED) is 0.141. The summed E-state index contributed by atoms with van der Waals surface area (Å²) in [6.45, 7) is 12.2. The Morgan fingerprint density at radius 3 is 1.73 bits per heavy atom. The third kappa shape index (κ3) is 9.76. The summed E-state index contributed by atoms with van der Waals surface area (Å²) < 4.78 is 22.5. The van der Waals surface area contributed by atoms with Crippen LogP contribution >= 0.6 is 0 Å². The topological polar surface area (TPSA) is 74.3 Å². The lowest BCUT2D eigenvalue weighted by Gasteiger charge is -2.41. The van der Waals surface area contributed by atoms with Crippen LogP contribution in [0.4, 0.5) is 0 Å². The van der Waals surface area contributed by atoms with E-state index in [0.717, 1.165) is 80.2 Å². The molecule has 44 heavy (non-hydrogen) atoms. The number of carbonyl (C=O) groups excluding carboxylic acids is 2. The maximum atomic E-state index is 12.6. The van der Waals surface area contributed by atoms with Crippen molar-refractivity contribution in [2.45, 2.75) is 79.1 Å². The molecule has 3 fully saturated rings. The molecule has 0 aliphatic carbocycles. The smallest absolute Gasteiger partial charge is 0.182 e. The van der Waals surface area contributed by atoms with Gasteiger partial charge in [0, 0.05) is 36.7 Å². The molecule has 0 saturated carbocycles. The fourth-order valence-electron chi connectivity index (χ4n) is 5.89. The molecule has 2 bridgehead atoms. The lowest BCUT2D eigenvalue weighted by molar-refractivity contribution is -0.125. The van der Waals surface area contributed by atoms with Crippen molar-refractivity contribution in [1.29, 1.82) is 0 Å². The molecule has 3 aliphatic heterocycles. The van der Waals surface area contributed by atoms with Crippen molar-refractivity contribution < 1.29 is 28.5 Å². The van der Waals surface area contributed by atoms with Crippen LogP contribution in [0.5, 0.6) is 23.0 Å². The number of allylic oxidation sites excluding steroid dienone is 1. The largest absolute Gasteiger partial charge is 0.496 e. The highest BCUT2D eigenvalue weighted by atomic mass is 16.5. The second-order valence-corrected chi connectivity index (χ2v) is 11.8. The molecule has 0 amide bonds. The van der Waals surface area contributed by atoms with Crippen LogP contribution in [0.25, 0.3) is 6.08 Å². The van der Waals surface area contributed by atoms with Crippen molar-refractivity contribution in [3.63, 3.8) is 0 Å². The molecular weight excluding hydrogens is 554 g/mol. The van der Waals surface area contributed by atoms with Crippen LogP contribution in [0, 0.1) is 17.8 Å². The molecule has 3 heterocycles. The Morgan fingerprint density at radius 1 is 0.795 bits per heavy atom. The van der Waals surface area contributed by atoms with Crippen LogP contribution in [0.2, 0.25) is 0 Å². The number of nitrogens with zero attached hydrogens (tertiary/aromatic N) is 1. The molecule has 3 saturated heterocycles. The number of ether oxygens (including phenoxy) is 4. The Morgan fingerprint density at radius 2 is 1.30 bits per heavy atom. The standard InChI is InChI=1S/C22H31NO3.C15H22O3/c1-4-6-16(5-2)15-26-19-8-7-18(21(14-19)25-3)13-20-22(24)17-9-11-23(20)12-10-17;1-4-6-12(5-2)11-18-14-8-7-13(10-16)15(9-14)17-3/h7-8,13-14,16-17H,4-6,9-12,15H2,1-3H3;7-10,12H,4-6,11H2,1-3H3/b20-13-;. The number of aldehydes is 1. The van der Waals surface area contributed by atoms with Crippen LogP contribution in [0.1, 0.15) is 95.0 Å². The van der Waals surface area contributed by atoms with Gasteiger partial charge in [0.05, 0.1) is 38.7 Å². The molecule has 2 aromatic carbocycles. The van der Waals surface area contributed by atoms with E-state index in [1.54, 1.807) is 26.4 Å². The van der Waals surface area contributed by atoms with E-state index >= 15 is 0 Å². The fourth-order valence-corrected chi connectivity index (χ4v) is 5.89. The van der Waals surface area contributed by atoms with Gasteiger partial charge in [-0.05, 0) is 67.9 Å². The van der Waals surface area contributed by atoms with Gasteiger partial charge in [-0.2, -0.15) is 0 Å². The summed E-state index contributed by atoms with van der Waals surface area (Å²) in [5.74, 6) is 4.59. The number of hydrogen-bond donors (Lipinski definition) is 0.